The predicted octanol–water partition coefficient (Wildman–Crippen LogP) is 2.15. The summed E-state index contributed by atoms with van der Waals surface area (Å²) in [5.41, 5.74) is 1.59. The summed E-state index contributed by atoms with van der Waals surface area (Å²) in [4.78, 5) is 40.7. The third-order valence-corrected chi connectivity index (χ3v) is 4.55. The summed E-state index contributed by atoms with van der Waals surface area (Å²) in [6.45, 7) is 4.16. The summed E-state index contributed by atoms with van der Waals surface area (Å²) >= 11 is 0. The Bertz CT molecular complexity index is 846. The van der Waals surface area contributed by atoms with E-state index in [4.69, 9.17) is 4.74 Å². The van der Waals surface area contributed by atoms with E-state index < -0.39 is 17.8 Å². The first kappa shape index (κ1) is 19.4. The van der Waals surface area contributed by atoms with Crippen molar-refractivity contribution in [3.05, 3.63) is 60.2 Å². The second-order valence-electron chi connectivity index (χ2n) is 6.33. The average Bonchev–Trinajstić information content (AvgIpc) is 2.74. The lowest BCUT2D eigenvalue weighted by Gasteiger charge is -2.35. The number of rotatable bonds is 4. The number of piperazine rings is 1. The minimum atomic E-state index is -0.759. The maximum atomic E-state index is 12.5. The Morgan fingerprint density at radius 1 is 0.929 bits per heavy atom. The number of carbonyl (C=O) groups is 3. The van der Waals surface area contributed by atoms with Crippen molar-refractivity contribution < 1.29 is 19.1 Å². The van der Waals surface area contributed by atoms with E-state index >= 15 is 0 Å². The molecule has 1 aliphatic heterocycles. The SMILES string of the molecule is CCOC(=O)c1ccccc1NC(=O)C(=O)N1CCN(c2ccccc2)CC1. The molecule has 2 aromatic carbocycles. The first-order valence-electron chi connectivity index (χ1n) is 9.26. The summed E-state index contributed by atoms with van der Waals surface area (Å²) < 4.78 is 4.99. The molecule has 1 aliphatic rings. The van der Waals surface area contributed by atoms with Gasteiger partial charge in [-0.2, -0.15) is 0 Å². The fourth-order valence-corrected chi connectivity index (χ4v) is 3.10. The third-order valence-electron chi connectivity index (χ3n) is 4.55. The number of anilines is 2. The van der Waals surface area contributed by atoms with Crippen LogP contribution in [0.5, 0.6) is 0 Å². The summed E-state index contributed by atoms with van der Waals surface area (Å²) in [7, 11) is 0. The molecular weight excluding hydrogens is 358 g/mol. The molecular formula is C21H23N3O4. The van der Waals surface area contributed by atoms with E-state index in [0.717, 1.165) is 5.69 Å². The average molecular weight is 381 g/mol. The van der Waals surface area contributed by atoms with Gasteiger partial charge in [0, 0.05) is 31.9 Å². The molecule has 7 heteroatoms. The molecule has 2 aromatic rings. The van der Waals surface area contributed by atoms with Crippen molar-refractivity contribution in [2.45, 2.75) is 6.92 Å². The minimum absolute atomic E-state index is 0.222. The van der Waals surface area contributed by atoms with Crippen LogP contribution in [-0.4, -0.2) is 55.5 Å². The first-order valence-corrected chi connectivity index (χ1v) is 9.26. The summed E-state index contributed by atoms with van der Waals surface area (Å²) in [6, 6.07) is 16.4. The number of hydrogen-bond donors (Lipinski definition) is 1. The summed E-state index contributed by atoms with van der Waals surface area (Å²) in [6.07, 6.45) is 0. The van der Waals surface area contributed by atoms with Crippen LogP contribution in [0.15, 0.2) is 54.6 Å². The second-order valence-corrected chi connectivity index (χ2v) is 6.33. The molecule has 0 radical (unpaired) electrons. The number of esters is 1. The Balaban J connectivity index is 1.60. The molecule has 1 fully saturated rings. The van der Waals surface area contributed by atoms with Gasteiger partial charge in [-0.1, -0.05) is 30.3 Å². The van der Waals surface area contributed by atoms with Gasteiger partial charge in [-0.25, -0.2) is 4.79 Å². The van der Waals surface area contributed by atoms with E-state index in [2.05, 4.69) is 10.2 Å². The van der Waals surface area contributed by atoms with E-state index in [1.165, 1.54) is 4.90 Å². The number of amides is 2. The van der Waals surface area contributed by atoms with E-state index in [9.17, 15) is 14.4 Å². The topological polar surface area (TPSA) is 78.9 Å². The molecule has 0 saturated carbocycles. The van der Waals surface area contributed by atoms with Crippen LogP contribution in [0.2, 0.25) is 0 Å². The molecule has 1 saturated heterocycles. The van der Waals surface area contributed by atoms with Crippen LogP contribution in [0.1, 0.15) is 17.3 Å². The van der Waals surface area contributed by atoms with Crippen LogP contribution in [0.4, 0.5) is 11.4 Å². The lowest BCUT2D eigenvalue weighted by atomic mass is 10.1. The maximum Gasteiger partial charge on any atom is 0.340 e. The molecule has 0 spiro atoms. The quantitative estimate of drug-likeness (QED) is 0.649. The van der Waals surface area contributed by atoms with Crippen LogP contribution in [0.25, 0.3) is 0 Å². The highest BCUT2D eigenvalue weighted by atomic mass is 16.5. The first-order chi connectivity index (χ1) is 13.6. The van der Waals surface area contributed by atoms with Crippen molar-refractivity contribution >= 4 is 29.2 Å². The Labute approximate surface area is 163 Å². The summed E-state index contributed by atoms with van der Waals surface area (Å²) in [5, 5.41) is 2.55. The van der Waals surface area contributed by atoms with Gasteiger partial charge >= 0.3 is 17.8 Å². The maximum absolute atomic E-state index is 12.5. The molecule has 28 heavy (non-hydrogen) atoms. The lowest BCUT2D eigenvalue weighted by molar-refractivity contribution is -0.143. The highest BCUT2D eigenvalue weighted by Crippen LogP contribution is 2.18. The standard InChI is InChI=1S/C21H23N3O4/c1-2-28-21(27)17-10-6-7-11-18(17)22-19(25)20(26)24-14-12-23(13-15-24)16-8-4-3-5-9-16/h3-11H,2,12-15H2,1H3,(H,22,25). The minimum Gasteiger partial charge on any atom is -0.462 e. The molecule has 0 bridgehead atoms. The zero-order valence-electron chi connectivity index (χ0n) is 15.8. The molecule has 0 atom stereocenters. The number of hydrogen-bond acceptors (Lipinski definition) is 5. The number of para-hydroxylation sites is 2. The van der Waals surface area contributed by atoms with Crippen molar-refractivity contribution in [3.8, 4) is 0 Å². The van der Waals surface area contributed by atoms with Crippen molar-refractivity contribution in [1.82, 2.24) is 4.90 Å². The molecule has 7 nitrogen and oxygen atoms in total. The van der Waals surface area contributed by atoms with Gasteiger partial charge in [-0.15, -0.1) is 0 Å². The highest BCUT2D eigenvalue weighted by molar-refractivity contribution is 6.39. The van der Waals surface area contributed by atoms with Crippen molar-refractivity contribution in [3.63, 3.8) is 0 Å². The second kappa shape index (κ2) is 9.03. The van der Waals surface area contributed by atoms with Crippen LogP contribution in [0, 0.1) is 0 Å². The Morgan fingerprint density at radius 2 is 1.57 bits per heavy atom. The number of benzene rings is 2. The van der Waals surface area contributed by atoms with Gasteiger partial charge in [0.15, 0.2) is 0 Å². The monoisotopic (exact) mass is 381 g/mol. The van der Waals surface area contributed by atoms with Gasteiger partial charge in [0.2, 0.25) is 0 Å². The molecule has 146 valence electrons. The Morgan fingerprint density at radius 3 is 2.25 bits per heavy atom. The molecule has 0 aliphatic carbocycles. The van der Waals surface area contributed by atoms with Gasteiger partial charge in [0.05, 0.1) is 17.9 Å². The molecule has 3 rings (SSSR count). The van der Waals surface area contributed by atoms with Crippen LogP contribution in [0.3, 0.4) is 0 Å². The van der Waals surface area contributed by atoms with E-state index in [-0.39, 0.29) is 17.9 Å². The van der Waals surface area contributed by atoms with Gasteiger partial charge in [0.25, 0.3) is 0 Å². The zero-order chi connectivity index (χ0) is 19.9. The Kier molecular flexibility index (Phi) is 6.26. The number of nitrogens with one attached hydrogen (secondary N) is 1. The van der Waals surface area contributed by atoms with Crippen molar-refractivity contribution in [2.24, 2.45) is 0 Å². The molecule has 1 N–H and O–H groups in total. The van der Waals surface area contributed by atoms with Crippen molar-refractivity contribution in [1.29, 1.82) is 0 Å². The largest absolute Gasteiger partial charge is 0.462 e. The lowest BCUT2D eigenvalue weighted by Crippen LogP contribution is -2.51. The molecule has 1 heterocycles. The zero-order valence-corrected chi connectivity index (χ0v) is 15.8. The third kappa shape index (κ3) is 4.49. The van der Waals surface area contributed by atoms with Crippen molar-refractivity contribution in [2.75, 3.05) is 43.0 Å². The number of carbonyl (C=O) groups excluding carboxylic acids is 3. The fourth-order valence-electron chi connectivity index (χ4n) is 3.10. The molecule has 0 unspecified atom stereocenters. The smallest absolute Gasteiger partial charge is 0.340 e. The summed E-state index contributed by atoms with van der Waals surface area (Å²) in [5.74, 6) is -1.90. The van der Waals surface area contributed by atoms with E-state index in [0.29, 0.717) is 26.2 Å². The van der Waals surface area contributed by atoms with Gasteiger partial charge in [0.1, 0.15) is 0 Å². The van der Waals surface area contributed by atoms with E-state index in [1.807, 2.05) is 30.3 Å². The molecule has 0 aromatic heterocycles. The van der Waals surface area contributed by atoms with Gasteiger partial charge in [-0.3, -0.25) is 9.59 Å². The van der Waals surface area contributed by atoms with E-state index in [1.54, 1.807) is 31.2 Å². The van der Waals surface area contributed by atoms with Gasteiger partial charge < -0.3 is 19.9 Å². The normalized spacial score (nSPS) is 13.8. The van der Waals surface area contributed by atoms with Crippen LogP contribution in [-0.2, 0) is 14.3 Å². The molecule has 2 amide bonds. The highest BCUT2D eigenvalue weighted by Gasteiger charge is 2.27. The van der Waals surface area contributed by atoms with Gasteiger partial charge in [-0.05, 0) is 31.2 Å². The van der Waals surface area contributed by atoms with Crippen LogP contribution < -0.4 is 10.2 Å². The number of ether oxygens (including phenoxy) is 1. The fraction of sp³-hybridized carbons (Fsp3) is 0.286. The Hall–Kier alpha value is -3.35. The van der Waals surface area contributed by atoms with Crippen LogP contribution >= 0.6 is 0 Å². The predicted molar refractivity (Wildman–Crippen MR) is 106 cm³/mol. The number of nitrogens with zero attached hydrogens (tertiary/aromatic N) is 2.